The monoisotopic (exact) mass is 458 g/mol. The molecule has 6 nitrogen and oxygen atoms in total. The van der Waals surface area contributed by atoms with Crippen LogP contribution in [-0.4, -0.2) is 67.0 Å². The fourth-order valence-electron chi connectivity index (χ4n) is 3.67. The molecule has 33 heavy (non-hydrogen) atoms. The van der Waals surface area contributed by atoms with Crippen LogP contribution < -0.4 is 5.32 Å². The number of alkyl halides is 3. The Hall–Kier alpha value is -3.17. The first-order chi connectivity index (χ1) is 15.8. The third-order valence-electron chi connectivity index (χ3n) is 5.65. The number of halogens is 3. The fourth-order valence-corrected chi connectivity index (χ4v) is 3.67. The van der Waals surface area contributed by atoms with Gasteiger partial charge in [-0.15, -0.1) is 0 Å². The van der Waals surface area contributed by atoms with Crippen molar-refractivity contribution in [2.24, 2.45) is 0 Å². The molecule has 2 heterocycles. The van der Waals surface area contributed by atoms with E-state index in [1.807, 2.05) is 18.2 Å². The molecule has 9 heteroatoms. The molecule has 1 aromatic heterocycles. The lowest BCUT2D eigenvalue weighted by molar-refractivity contribution is -0.137. The van der Waals surface area contributed by atoms with E-state index >= 15 is 0 Å². The molecule has 1 amide bonds. The van der Waals surface area contributed by atoms with Gasteiger partial charge in [0.25, 0.3) is 5.91 Å². The molecule has 0 bridgehead atoms. The van der Waals surface area contributed by atoms with Crippen LogP contribution in [0.3, 0.4) is 0 Å². The Morgan fingerprint density at radius 2 is 1.67 bits per heavy atom. The predicted octanol–water partition coefficient (Wildman–Crippen LogP) is 4.00. The van der Waals surface area contributed by atoms with Crippen LogP contribution >= 0.6 is 0 Å². The van der Waals surface area contributed by atoms with E-state index in [9.17, 15) is 18.0 Å². The molecule has 1 N–H and O–H groups in total. The second kappa shape index (κ2) is 9.76. The Kier molecular flexibility index (Phi) is 6.80. The van der Waals surface area contributed by atoms with Gasteiger partial charge in [0.1, 0.15) is 0 Å². The van der Waals surface area contributed by atoms with Gasteiger partial charge in [0.05, 0.1) is 5.56 Å². The maximum atomic E-state index is 13.0. The number of hydrogen-bond donors (Lipinski definition) is 1. The first kappa shape index (κ1) is 23.0. The number of carbonyl (C=O) groups excluding carboxylic acids is 1. The summed E-state index contributed by atoms with van der Waals surface area (Å²) in [7, 11) is 2.09. The van der Waals surface area contributed by atoms with E-state index < -0.39 is 11.7 Å². The van der Waals surface area contributed by atoms with Crippen LogP contribution in [0.1, 0.15) is 16.1 Å². The van der Waals surface area contributed by atoms with Gasteiger partial charge in [0, 0.05) is 50.4 Å². The lowest BCUT2D eigenvalue weighted by Gasteiger charge is -2.32. The molecule has 0 unspecified atom stereocenters. The Morgan fingerprint density at radius 3 is 2.30 bits per heavy atom. The van der Waals surface area contributed by atoms with Gasteiger partial charge in [-0.25, -0.2) is 4.98 Å². The van der Waals surface area contributed by atoms with Gasteiger partial charge in [-0.2, -0.15) is 13.2 Å². The molecule has 0 aliphatic carbocycles. The average molecular weight is 458 g/mol. The van der Waals surface area contributed by atoms with Crippen molar-refractivity contribution in [3.63, 3.8) is 0 Å². The van der Waals surface area contributed by atoms with Crippen LogP contribution in [0.25, 0.3) is 22.8 Å². The Labute approximate surface area is 190 Å². The first-order valence-corrected chi connectivity index (χ1v) is 10.7. The zero-order chi connectivity index (χ0) is 23.4. The van der Waals surface area contributed by atoms with E-state index in [4.69, 9.17) is 4.42 Å². The van der Waals surface area contributed by atoms with Gasteiger partial charge in [0.15, 0.2) is 11.5 Å². The molecule has 1 fully saturated rings. The summed E-state index contributed by atoms with van der Waals surface area (Å²) in [6.45, 7) is 5.06. The summed E-state index contributed by atoms with van der Waals surface area (Å²) in [6, 6.07) is 13.6. The molecule has 0 atom stereocenters. The molecule has 0 spiro atoms. The van der Waals surface area contributed by atoms with Crippen molar-refractivity contribution in [2.45, 2.75) is 6.18 Å². The number of rotatable bonds is 6. The van der Waals surface area contributed by atoms with E-state index in [2.05, 4.69) is 27.1 Å². The van der Waals surface area contributed by atoms with Gasteiger partial charge < -0.3 is 14.6 Å². The van der Waals surface area contributed by atoms with Gasteiger partial charge in [-0.05, 0) is 31.3 Å². The van der Waals surface area contributed by atoms with Crippen molar-refractivity contribution in [3.8, 4) is 22.8 Å². The zero-order valence-corrected chi connectivity index (χ0v) is 18.2. The molecule has 2 aromatic carbocycles. The summed E-state index contributed by atoms with van der Waals surface area (Å²) in [4.78, 5) is 21.8. The zero-order valence-electron chi connectivity index (χ0n) is 18.2. The first-order valence-electron chi connectivity index (χ1n) is 10.7. The van der Waals surface area contributed by atoms with Crippen LogP contribution in [-0.2, 0) is 6.18 Å². The highest BCUT2D eigenvalue weighted by Gasteiger charge is 2.30. The maximum absolute atomic E-state index is 13.0. The van der Waals surface area contributed by atoms with Gasteiger partial charge in [-0.3, -0.25) is 9.69 Å². The SMILES string of the molecule is CN1CCN(CCNC(=O)c2nc(-c3ccc(C(F)(F)F)cc3)oc2-c2ccccc2)CC1. The lowest BCUT2D eigenvalue weighted by atomic mass is 10.1. The summed E-state index contributed by atoms with van der Waals surface area (Å²) in [6.07, 6.45) is -4.43. The second-order valence-electron chi connectivity index (χ2n) is 8.04. The molecular weight excluding hydrogens is 433 g/mol. The van der Waals surface area contributed by atoms with E-state index in [-0.39, 0.29) is 23.3 Å². The molecule has 4 rings (SSSR count). The smallest absolute Gasteiger partial charge is 0.416 e. The quantitative estimate of drug-likeness (QED) is 0.605. The van der Waals surface area contributed by atoms with Crippen molar-refractivity contribution < 1.29 is 22.4 Å². The van der Waals surface area contributed by atoms with Crippen molar-refractivity contribution >= 4 is 5.91 Å². The number of likely N-dealkylation sites (N-methyl/N-ethyl adjacent to an activating group) is 1. The fraction of sp³-hybridized carbons (Fsp3) is 0.333. The summed E-state index contributed by atoms with van der Waals surface area (Å²) < 4.78 is 44.5. The summed E-state index contributed by atoms with van der Waals surface area (Å²) in [5, 5.41) is 2.90. The summed E-state index contributed by atoms with van der Waals surface area (Å²) >= 11 is 0. The molecule has 1 aliphatic heterocycles. The second-order valence-corrected chi connectivity index (χ2v) is 8.04. The largest absolute Gasteiger partial charge is 0.435 e. The van der Waals surface area contributed by atoms with Crippen molar-refractivity contribution in [1.82, 2.24) is 20.1 Å². The molecule has 0 saturated carbocycles. The highest BCUT2D eigenvalue weighted by molar-refractivity contribution is 5.98. The van der Waals surface area contributed by atoms with E-state index in [1.165, 1.54) is 12.1 Å². The topological polar surface area (TPSA) is 61.6 Å². The Balaban J connectivity index is 1.53. The van der Waals surface area contributed by atoms with Crippen molar-refractivity contribution in [2.75, 3.05) is 46.3 Å². The summed E-state index contributed by atoms with van der Waals surface area (Å²) in [5.41, 5.74) is 0.362. The van der Waals surface area contributed by atoms with Crippen LogP contribution in [0.4, 0.5) is 13.2 Å². The number of amides is 1. The van der Waals surface area contributed by atoms with E-state index in [0.29, 0.717) is 17.7 Å². The number of nitrogens with one attached hydrogen (secondary N) is 1. The maximum Gasteiger partial charge on any atom is 0.416 e. The molecule has 1 saturated heterocycles. The predicted molar refractivity (Wildman–Crippen MR) is 119 cm³/mol. The third kappa shape index (κ3) is 5.61. The minimum Gasteiger partial charge on any atom is -0.435 e. The molecule has 1 aliphatic rings. The van der Waals surface area contributed by atoms with Crippen LogP contribution in [0.15, 0.2) is 59.0 Å². The minimum atomic E-state index is -4.43. The highest BCUT2D eigenvalue weighted by atomic mass is 19.4. The molecule has 0 radical (unpaired) electrons. The molecule has 3 aromatic rings. The minimum absolute atomic E-state index is 0.0896. The third-order valence-corrected chi connectivity index (χ3v) is 5.65. The molecule has 174 valence electrons. The van der Waals surface area contributed by atoms with E-state index in [0.717, 1.165) is 44.9 Å². The number of benzene rings is 2. The van der Waals surface area contributed by atoms with Gasteiger partial charge in [0.2, 0.25) is 5.89 Å². The van der Waals surface area contributed by atoms with Crippen LogP contribution in [0.5, 0.6) is 0 Å². The number of aromatic nitrogens is 1. The Morgan fingerprint density at radius 1 is 1.00 bits per heavy atom. The Bertz CT molecular complexity index is 1070. The highest BCUT2D eigenvalue weighted by Crippen LogP contribution is 2.33. The van der Waals surface area contributed by atoms with Crippen molar-refractivity contribution in [1.29, 1.82) is 0 Å². The number of nitrogens with zero attached hydrogens (tertiary/aromatic N) is 3. The number of carbonyl (C=O) groups is 1. The van der Waals surface area contributed by atoms with Crippen molar-refractivity contribution in [3.05, 3.63) is 65.9 Å². The number of hydrogen-bond acceptors (Lipinski definition) is 5. The summed E-state index contributed by atoms with van der Waals surface area (Å²) in [5.74, 6) is -0.0146. The number of oxazole rings is 1. The van der Waals surface area contributed by atoms with Crippen LogP contribution in [0, 0.1) is 0 Å². The number of piperazine rings is 1. The molecular formula is C24H25F3N4O2. The average Bonchev–Trinajstić information content (AvgIpc) is 3.26. The normalized spacial score (nSPS) is 15.5. The van der Waals surface area contributed by atoms with Gasteiger partial charge in [-0.1, -0.05) is 30.3 Å². The lowest BCUT2D eigenvalue weighted by Crippen LogP contribution is -2.46. The standard InChI is InChI=1S/C24H25F3N4O2/c1-30-13-15-31(16-14-30)12-11-28-22(32)20-21(17-5-3-2-4-6-17)33-23(29-20)18-7-9-19(10-8-18)24(25,26)27/h2-10H,11-16H2,1H3,(H,28,32). The van der Waals surface area contributed by atoms with E-state index in [1.54, 1.807) is 12.1 Å². The van der Waals surface area contributed by atoms with Gasteiger partial charge >= 0.3 is 6.18 Å². The van der Waals surface area contributed by atoms with Crippen LogP contribution in [0.2, 0.25) is 0 Å².